The van der Waals surface area contributed by atoms with E-state index in [0.29, 0.717) is 0 Å². The number of aromatic amines is 1. The molecule has 0 spiro atoms. The molecular weight excluding hydrogens is 809 g/mol. The molecule has 0 saturated carbocycles. The van der Waals surface area contributed by atoms with Gasteiger partial charge in [-0.05, 0) is 25.3 Å². The molecule has 56 heavy (non-hydrogen) atoms. The number of aliphatic hydroxyl groups excluding tert-OH is 1. The van der Waals surface area contributed by atoms with Crippen LogP contribution in [0.15, 0.2) is 23.1 Å². The van der Waals surface area contributed by atoms with E-state index in [-0.39, 0.29) is 76.6 Å². The molecule has 1 fully saturated rings. The molecule has 0 amide bonds. The molecule has 3 heterocycles. The van der Waals surface area contributed by atoms with Gasteiger partial charge in [-0.2, -0.15) is 8.62 Å². The lowest BCUT2D eigenvalue weighted by Crippen LogP contribution is -2.26. The molecule has 6 atom stereocenters. The highest BCUT2D eigenvalue weighted by molar-refractivity contribution is 7.66. The first-order valence-corrected chi connectivity index (χ1v) is 21.0. The van der Waals surface area contributed by atoms with Crippen LogP contribution in [0.25, 0.3) is 11.0 Å². The number of benzene rings is 1. The average molecular weight is 851 g/mol. The van der Waals surface area contributed by atoms with Gasteiger partial charge in [0, 0.05) is 37.1 Å². The number of fused-ring (bicyclic) bond motifs is 1. The lowest BCUT2D eigenvalue weighted by molar-refractivity contribution is -0.386. The fraction of sp³-hybridized carbons (Fsp3) is 0.516. The highest BCUT2D eigenvalue weighted by Gasteiger charge is 2.43. The second kappa shape index (κ2) is 17.5. The third-order valence-electron chi connectivity index (χ3n) is 8.06. The van der Waals surface area contributed by atoms with Crippen molar-refractivity contribution in [2.75, 3.05) is 13.7 Å². The molecule has 1 aromatic carbocycles. The molecule has 0 radical (unpaired) electrons. The van der Waals surface area contributed by atoms with Gasteiger partial charge in [0.25, 0.3) is 11.2 Å². The van der Waals surface area contributed by atoms with Crippen LogP contribution in [0.2, 0.25) is 0 Å². The maximum Gasteiger partial charge on any atom is 0.490 e. The predicted molar refractivity (Wildman–Crippen MR) is 193 cm³/mol. The van der Waals surface area contributed by atoms with Crippen molar-refractivity contribution in [1.29, 1.82) is 0 Å². The van der Waals surface area contributed by atoms with Gasteiger partial charge in [-0.15, -0.1) is 0 Å². The summed E-state index contributed by atoms with van der Waals surface area (Å²) in [5, 5.41) is 23.2. The first-order chi connectivity index (χ1) is 25.8. The van der Waals surface area contributed by atoms with E-state index in [9.17, 15) is 48.3 Å². The number of phosphoric ester groups is 1. The van der Waals surface area contributed by atoms with E-state index >= 15 is 0 Å². The molecule has 25 heteroatoms. The van der Waals surface area contributed by atoms with E-state index in [2.05, 4.69) is 35.0 Å². The topological polar surface area (TPSA) is 319 Å². The zero-order valence-electron chi connectivity index (χ0n) is 30.8. The second-order valence-corrected chi connectivity index (χ2v) is 18.1. The summed E-state index contributed by atoms with van der Waals surface area (Å²) >= 11 is 0. The number of ether oxygens (including phenoxy) is 3. The van der Waals surface area contributed by atoms with Crippen LogP contribution in [0, 0.1) is 34.3 Å². The number of ketones is 1. The van der Waals surface area contributed by atoms with E-state index in [1.807, 2.05) is 0 Å². The van der Waals surface area contributed by atoms with Gasteiger partial charge in [0.2, 0.25) is 0 Å². The van der Waals surface area contributed by atoms with E-state index in [1.165, 1.54) is 43.9 Å². The first-order valence-electron chi connectivity index (χ1n) is 16.5. The van der Waals surface area contributed by atoms with E-state index in [0.717, 1.165) is 0 Å². The van der Waals surface area contributed by atoms with E-state index < -0.39 is 70.5 Å². The molecule has 4 rings (SSSR count). The molecule has 3 unspecified atom stereocenters. The number of hydrogen-bond donors (Lipinski definition) is 6. The summed E-state index contributed by atoms with van der Waals surface area (Å²) in [7, 11) is -15.6. The molecule has 0 aliphatic carbocycles. The number of methoxy groups -OCH3 is 1. The normalized spacial score (nSPS) is 20.2. The minimum Gasteiger partial charge on any atom is -0.495 e. The highest BCUT2D eigenvalue weighted by atomic mass is 31.3. The number of nitrogens with one attached hydrogen (secondary N) is 1. The average Bonchev–Trinajstić information content (AvgIpc) is 3.59. The Hall–Kier alpha value is -3.64. The summed E-state index contributed by atoms with van der Waals surface area (Å²) in [4.78, 5) is 80.2. The van der Waals surface area contributed by atoms with Crippen molar-refractivity contribution in [2.45, 2.75) is 85.0 Å². The molecule has 6 N–H and O–H groups in total. The van der Waals surface area contributed by atoms with Crippen LogP contribution in [0.4, 0.5) is 5.69 Å². The van der Waals surface area contributed by atoms with Crippen molar-refractivity contribution in [1.82, 2.24) is 14.5 Å². The Bertz CT molecular complexity index is 2250. The fourth-order valence-electron chi connectivity index (χ4n) is 5.77. The summed E-state index contributed by atoms with van der Waals surface area (Å²) < 4.78 is 66.0. The maximum absolute atomic E-state index is 13.3. The SMILES string of the molecule is COc1cc([C@@H](OCc2cn([C@H]3CC(O)[C@@H](COP(=O)(O)OP(=O)(O)OP(=O)(O)O)O3)c3nc(C)[nH]c(=O)c23)C(C)(C)C)c([N+](=O)[O-])cc1C#CCCC(C)=O. The first kappa shape index (κ1) is 45.1. The zero-order valence-corrected chi connectivity index (χ0v) is 33.5. The monoisotopic (exact) mass is 850 g/mol. The molecular formula is C31H41N4O18P3. The van der Waals surface area contributed by atoms with Crippen LogP contribution >= 0.6 is 23.5 Å². The largest absolute Gasteiger partial charge is 0.495 e. The zero-order chi connectivity index (χ0) is 42.0. The van der Waals surface area contributed by atoms with Crippen LogP contribution < -0.4 is 10.3 Å². The number of hydrogen-bond acceptors (Lipinski definition) is 15. The van der Waals surface area contributed by atoms with Crippen molar-refractivity contribution in [3.63, 3.8) is 0 Å². The molecule has 22 nitrogen and oxygen atoms in total. The number of Topliss-reactive ketones (excluding diaryl/α,β-unsaturated/α-hetero) is 1. The maximum atomic E-state index is 13.3. The lowest BCUT2D eigenvalue weighted by Gasteiger charge is -2.31. The third kappa shape index (κ3) is 11.7. The van der Waals surface area contributed by atoms with Crippen LogP contribution in [0.1, 0.15) is 81.8 Å². The smallest absolute Gasteiger partial charge is 0.490 e. The van der Waals surface area contributed by atoms with Gasteiger partial charge >= 0.3 is 23.5 Å². The molecule has 1 aliphatic rings. The summed E-state index contributed by atoms with van der Waals surface area (Å²) in [6.07, 6.45) is -3.11. The molecule has 2 aromatic heterocycles. The number of nitro groups is 1. The molecule has 3 aromatic rings. The Morgan fingerprint density at radius 1 is 1.18 bits per heavy atom. The van der Waals surface area contributed by atoms with Crippen LogP contribution in [-0.4, -0.2) is 75.8 Å². The number of nitro benzene ring substituents is 1. The Morgan fingerprint density at radius 3 is 2.45 bits per heavy atom. The molecule has 0 bridgehead atoms. The van der Waals surface area contributed by atoms with Crippen LogP contribution in [0.3, 0.4) is 0 Å². The Labute approximate surface area is 318 Å². The van der Waals surface area contributed by atoms with Gasteiger partial charge in [0.05, 0.1) is 54.0 Å². The Balaban J connectivity index is 1.64. The number of phosphoric acid groups is 3. The van der Waals surface area contributed by atoms with Gasteiger partial charge in [-0.3, -0.25) is 24.2 Å². The predicted octanol–water partition coefficient (Wildman–Crippen LogP) is 3.97. The quantitative estimate of drug-likeness (QED) is 0.0514. The van der Waals surface area contributed by atoms with Crippen molar-refractivity contribution in [3.8, 4) is 17.6 Å². The number of aryl methyl sites for hydroxylation is 1. The van der Waals surface area contributed by atoms with Gasteiger partial charge in [-0.25, -0.2) is 18.7 Å². The minimum absolute atomic E-state index is 0.0565. The van der Waals surface area contributed by atoms with Crippen LogP contribution in [-0.2, 0) is 47.7 Å². The molecule has 1 aliphatic heterocycles. The van der Waals surface area contributed by atoms with Crippen LogP contribution in [0.5, 0.6) is 5.75 Å². The van der Waals surface area contributed by atoms with E-state index in [4.69, 9.17) is 24.0 Å². The van der Waals surface area contributed by atoms with Gasteiger partial charge in [0.15, 0.2) is 0 Å². The molecule has 1 saturated heterocycles. The number of carbonyl (C=O) groups is 1. The third-order valence-corrected chi connectivity index (χ3v) is 11.9. The number of aliphatic hydroxyl groups is 1. The fourth-order valence-corrected chi connectivity index (χ4v) is 8.80. The van der Waals surface area contributed by atoms with Gasteiger partial charge in [0.1, 0.15) is 35.3 Å². The summed E-state index contributed by atoms with van der Waals surface area (Å²) in [5.74, 6) is 6.04. The van der Waals surface area contributed by atoms with Gasteiger partial charge < -0.3 is 48.4 Å². The van der Waals surface area contributed by atoms with Crippen molar-refractivity contribution < 1.29 is 75.4 Å². The Morgan fingerprint density at radius 2 is 1.86 bits per heavy atom. The summed E-state index contributed by atoms with van der Waals surface area (Å²) in [6, 6.07) is 2.73. The summed E-state index contributed by atoms with van der Waals surface area (Å²) in [6.45, 7) is 7.10. The van der Waals surface area contributed by atoms with Gasteiger partial charge in [-0.1, -0.05) is 32.6 Å². The Kier molecular flexibility index (Phi) is 14.1. The number of carbonyl (C=O) groups excluding carboxylic acids is 1. The number of H-pyrrole nitrogens is 1. The molecule has 308 valence electrons. The number of rotatable bonds is 16. The highest BCUT2D eigenvalue weighted by Crippen LogP contribution is 2.66. The minimum atomic E-state index is -5.79. The van der Waals surface area contributed by atoms with E-state index in [1.54, 1.807) is 20.8 Å². The number of nitrogens with zero attached hydrogens (tertiary/aromatic N) is 3. The standard InChI is InChI=1S/C31H41N4O18P3/c1-17(36)9-7-8-10-19-11-22(35(39)40)21(12-24(19)48-6)28(31(3,4)5)49-15-20-14-34(29-27(20)30(38)33-18(2)32-29)26-13-23(37)25(51-26)16-50-55(44,45)53-56(46,47)52-54(41,42)43/h11-12,14,23,25-26,28,37H,7,9,13,15-16H2,1-6H3,(H,44,45)(H,46,47)(H,32,33,38)(H2,41,42,43)/t23?,25-,26-,28-/m1/s1. The van der Waals surface area contributed by atoms with Crippen molar-refractivity contribution >= 4 is 46.0 Å². The van der Waals surface area contributed by atoms with Crippen molar-refractivity contribution in [3.05, 3.63) is 61.3 Å². The lowest BCUT2D eigenvalue weighted by atomic mass is 9.83. The number of aromatic nitrogens is 3. The second-order valence-electron chi connectivity index (χ2n) is 13.7. The summed E-state index contributed by atoms with van der Waals surface area (Å²) in [5.41, 5.74) is -0.924. The van der Waals surface area contributed by atoms with Crippen molar-refractivity contribution in [2.24, 2.45) is 5.41 Å².